The van der Waals surface area contributed by atoms with E-state index < -0.39 is 5.92 Å². The predicted octanol–water partition coefficient (Wildman–Crippen LogP) is 3.70. The van der Waals surface area contributed by atoms with Crippen molar-refractivity contribution in [3.63, 3.8) is 0 Å². The van der Waals surface area contributed by atoms with Crippen molar-refractivity contribution in [1.29, 1.82) is 10.5 Å². The van der Waals surface area contributed by atoms with Crippen LogP contribution in [0, 0.1) is 22.7 Å². The summed E-state index contributed by atoms with van der Waals surface area (Å²) in [5.74, 6) is 0.834. The zero-order valence-corrected chi connectivity index (χ0v) is 14.0. The summed E-state index contributed by atoms with van der Waals surface area (Å²) in [5.41, 5.74) is 13.3. The van der Waals surface area contributed by atoms with Gasteiger partial charge in [-0.3, -0.25) is 0 Å². The van der Waals surface area contributed by atoms with Crippen LogP contribution in [-0.2, 0) is 0 Å². The minimum atomic E-state index is -0.554. The van der Waals surface area contributed by atoms with Crippen molar-refractivity contribution in [1.82, 2.24) is 0 Å². The molecule has 25 heavy (non-hydrogen) atoms. The molecular weight excluding hydrogens is 332 g/mol. The van der Waals surface area contributed by atoms with Crippen LogP contribution in [0.4, 0.5) is 0 Å². The zero-order chi connectivity index (χ0) is 17.8. The number of hydrogen-bond acceptors (Lipinski definition) is 6. The highest BCUT2D eigenvalue weighted by atomic mass is 32.2. The molecule has 1 heterocycles. The van der Waals surface area contributed by atoms with Gasteiger partial charge in [-0.2, -0.15) is 10.5 Å². The van der Waals surface area contributed by atoms with Crippen LogP contribution in [0.3, 0.4) is 0 Å². The van der Waals surface area contributed by atoms with E-state index in [0.717, 1.165) is 23.1 Å². The fourth-order valence-corrected chi connectivity index (χ4v) is 3.37. The Morgan fingerprint density at radius 2 is 1.32 bits per heavy atom. The van der Waals surface area contributed by atoms with Crippen LogP contribution in [0.1, 0.15) is 11.5 Å². The fourth-order valence-electron chi connectivity index (χ4n) is 2.58. The van der Waals surface area contributed by atoms with Crippen LogP contribution in [0.25, 0.3) is 0 Å². The first-order chi connectivity index (χ1) is 12.1. The number of thioether (sulfide) groups is 1. The number of nitriles is 2. The van der Waals surface area contributed by atoms with E-state index in [4.69, 9.17) is 16.2 Å². The summed E-state index contributed by atoms with van der Waals surface area (Å²) in [6.07, 6.45) is 0. The Morgan fingerprint density at radius 3 is 1.84 bits per heavy atom. The molecular formula is C19H14N4OS. The van der Waals surface area contributed by atoms with Crippen LogP contribution in [0.15, 0.2) is 75.8 Å². The lowest BCUT2D eigenvalue weighted by molar-refractivity contribution is 0.482. The van der Waals surface area contributed by atoms with E-state index in [-0.39, 0.29) is 0 Å². The normalized spacial score (nSPS) is 14.8. The minimum absolute atomic E-state index is 0.327. The maximum absolute atomic E-state index is 9.44. The van der Waals surface area contributed by atoms with Gasteiger partial charge in [0.1, 0.15) is 11.5 Å². The number of nitrogens with two attached hydrogens (primary N) is 2. The topological polar surface area (TPSA) is 109 Å². The lowest BCUT2D eigenvalue weighted by atomic mass is 9.86. The van der Waals surface area contributed by atoms with Gasteiger partial charge in [-0.05, 0) is 29.8 Å². The highest BCUT2D eigenvalue weighted by Crippen LogP contribution is 2.43. The summed E-state index contributed by atoms with van der Waals surface area (Å²) in [6, 6.07) is 20.8. The summed E-state index contributed by atoms with van der Waals surface area (Å²) in [5, 5.41) is 19.5. The smallest absolute Gasteiger partial charge is 0.127 e. The van der Waals surface area contributed by atoms with Crippen LogP contribution in [0.2, 0.25) is 0 Å². The predicted molar refractivity (Wildman–Crippen MR) is 96.9 cm³/mol. The van der Waals surface area contributed by atoms with Crippen LogP contribution < -0.4 is 16.2 Å². The first-order valence-electron chi connectivity index (χ1n) is 7.44. The molecule has 0 fully saturated rings. The highest BCUT2D eigenvalue weighted by Gasteiger charge is 2.31. The summed E-state index contributed by atoms with van der Waals surface area (Å²) in [6.45, 7) is 0. The van der Waals surface area contributed by atoms with Gasteiger partial charge in [0.05, 0.1) is 39.3 Å². The lowest BCUT2D eigenvalue weighted by Crippen LogP contribution is -2.18. The molecule has 0 atom stereocenters. The average molecular weight is 346 g/mol. The molecule has 2 aromatic rings. The third-order valence-electron chi connectivity index (χ3n) is 3.76. The van der Waals surface area contributed by atoms with Crippen LogP contribution >= 0.6 is 11.8 Å². The van der Waals surface area contributed by atoms with Crippen molar-refractivity contribution in [2.24, 2.45) is 11.5 Å². The third-order valence-corrected chi connectivity index (χ3v) is 4.64. The standard InChI is InChI=1S/C19H14N4OS/c20-10-15-17(16(11-21)19(23)25-18(15)22)12-6-8-14(9-7-12)24-13-4-2-1-3-5-13/h1-9,17H,22-23H2. The van der Waals surface area contributed by atoms with E-state index >= 15 is 0 Å². The number of para-hydroxylation sites is 1. The van der Waals surface area contributed by atoms with Gasteiger partial charge in [-0.1, -0.05) is 42.1 Å². The second kappa shape index (κ2) is 7.04. The van der Waals surface area contributed by atoms with E-state index in [2.05, 4.69) is 12.1 Å². The molecule has 6 heteroatoms. The molecule has 1 aliphatic rings. The van der Waals surface area contributed by atoms with Gasteiger partial charge < -0.3 is 16.2 Å². The molecule has 0 amide bonds. The molecule has 0 aliphatic carbocycles. The molecule has 0 unspecified atom stereocenters. The second-order valence-corrected chi connectivity index (χ2v) is 6.38. The van der Waals surface area contributed by atoms with Gasteiger partial charge in [0.25, 0.3) is 0 Å². The molecule has 0 spiro atoms. The molecule has 122 valence electrons. The molecule has 5 nitrogen and oxygen atoms in total. The van der Waals surface area contributed by atoms with Crippen LogP contribution in [-0.4, -0.2) is 0 Å². The molecule has 0 saturated heterocycles. The molecule has 0 aromatic heterocycles. The van der Waals surface area contributed by atoms with Gasteiger partial charge in [0.15, 0.2) is 0 Å². The van der Waals surface area contributed by atoms with Gasteiger partial charge >= 0.3 is 0 Å². The first-order valence-corrected chi connectivity index (χ1v) is 8.26. The monoisotopic (exact) mass is 346 g/mol. The summed E-state index contributed by atoms with van der Waals surface area (Å²) >= 11 is 1.06. The lowest BCUT2D eigenvalue weighted by Gasteiger charge is -2.23. The van der Waals surface area contributed by atoms with E-state index in [1.807, 2.05) is 42.5 Å². The number of rotatable bonds is 3. The summed E-state index contributed by atoms with van der Waals surface area (Å²) in [7, 11) is 0. The van der Waals surface area contributed by atoms with E-state index in [0.29, 0.717) is 27.0 Å². The molecule has 0 radical (unpaired) electrons. The minimum Gasteiger partial charge on any atom is -0.457 e. The van der Waals surface area contributed by atoms with Crippen molar-refractivity contribution in [2.45, 2.75) is 5.92 Å². The van der Waals surface area contributed by atoms with Crippen molar-refractivity contribution in [3.8, 4) is 23.6 Å². The summed E-state index contributed by atoms with van der Waals surface area (Å²) < 4.78 is 5.76. The third kappa shape index (κ3) is 3.30. The van der Waals surface area contributed by atoms with Gasteiger partial charge in [-0.15, -0.1) is 0 Å². The first kappa shape index (κ1) is 16.5. The maximum atomic E-state index is 9.44. The zero-order valence-electron chi connectivity index (χ0n) is 13.1. The van der Waals surface area contributed by atoms with Gasteiger partial charge in [-0.25, -0.2) is 0 Å². The largest absolute Gasteiger partial charge is 0.457 e. The molecule has 3 rings (SSSR count). The number of ether oxygens (including phenoxy) is 1. The quantitative estimate of drug-likeness (QED) is 0.877. The van der Waals surface area contributed by atoms with E-state index in [1.165, 1.54) is 0 Å². The Bertz CT molecular complexity index is 898. The van der Waals surface area contributed by atoms with Crippen LogP contribution in [0.5, 0.6) is 11.5 Å². The summed E-state index contributed by atoms with van der Waals surface area (Å²) in [4.78, 5) is 0. The van der Waals surface area contributed by atoms with Gasteiger partial charge in [0.2, 0.25) is 0 Å². The molecule has 4 N–H and O–H groups in total. The molecule has 0 saturated carbocycles. The van der Waals surface area contributed by atoms with E-state index in [9.17, 15) is 10.5 Å². The number of benzene rings is 2. The van der Waals surface area contributed by atoms with Crippen molar-refractivity contribution in [2.75, 3.05) is 0 Å². The maximum Gasteiger partial charge on any atom is 0.127 e. The highest BCUT2D eigenvalue weighted by molar-refractivity contribution is 8.06. The average Bonchev–Trinajstić information content (AvgIpc) is 2.63. The van der Waals surface area contributed by atoms with Crippen molar-refractivity contribution in [3.05, 3.63) is 81.4 Å². The van der Waals surface area contributed by atoms with Gasteiger partial charge in [0, 0.05) is 0 Å². The van der Waals surface area contributed by atoms with Crippen molar-refractivity contribution < 1.29 is 4.74 Å². The SMILES string of the molecule is N#CC1=C(N)SC(N)=C(C#N)C1c1ccc(Oc2ccccc2)cc1. The Balaban J connectivity index is 1.94. The molecule has 2 aromatic carbocycles. The van der Waals surface area contributed by atoms with Crippen molar-refractivity contribution >= 4 is 11.8 Å². The Labute approximate surface area is 149 Å². The number of nitrogens with zero attached hydrogens (tertiary/aromatic N) is 2. The molecule has 1 aliphatic heterocycles. The fraction of sp³-hybridized carbons (Fsp3) is 0.0526. The second-order valence-electron chi connectivity index (χ2n) is 5.30. The Kier molecular flexibility index (Phi) is 4.65. The molecule has 0 bridgehead atoms. The van der Waals surface area contributed by atoms with E-state index in [1.54, 1.807) is 12.1 Å². The Hall–Kier alpha value is -3.35. The Morgan fingerprint density at radius 1 is 0.800 bits per heavy atom. The number of allylic oxidation sites excluding steroid dienone is 2. The number of hydrogen-bond donors (Lipinski definition) is 2.